The number of rotatable bonds is 4. The average Bonchev–Trinajstić information content (AvgIpc) is 2.99. The second kappa shape index (κ2) is 7.14. The molecular formula is C18H18F2N2O3. The number of carbonyl (C=O) groups excluding carboxylic acids is 1. The van der Waals surface area contributed by atoms with Crippen molar-refractivity contribution in [2.75, 3.05) is 13.2 Å². The van der Waals surface area contributed by atoms with Crippen molar-refractivity contribution >= 4 is 5.91 Å². The lowest BCUT2D eigenvalue weighted by Gasteiger charge is -2.25. The number of halogens is 2. The highest BCUT2D eigenvalue weighted by molar-refractivity contribution is 5.94. The van der Waals surface area contributed by atoms with E-state index in [0.717, 1.165) is 18.2 Å². The third-order valence-corrected chi connectivity index (χ3v) is 4.13. The maximum Gasteiger partial charge on any atom is 0.256 e. The fourth-order valence-electron chi connectivity index (χ4n) is 3.01. The summed E-state index contributed by atoms with van der Waals surface area (Å²) < 4.78 is 32.9. The van der Waals surface area contributed by atoms with Crippen molar-refractivity contribution in [3.8, 4) is 5.88 Å². The fourth-order valence-corrected chi connectivity index (χ4v) is 3.01. The molecule has 1 saturated heterocycles. The number of aliphatic hydroxyl groups excluding tert-OH is 1. The van der Waals surface area contributed by atoms with E-state index in [0.29, 0.717) is 18.1 Å². The standard InChI is InChI=1S/C18H18F2N2O3/c1-2-25-17-6-3-11(9-21-17)18(24)22-10-13(23)8-16(22)14-7-12(19)4-5-15(14)20/h3-7,9,13,16,23H,2,8,10H2,1H3. The summed E-state index contributed by atoms with van der Waals surface area (Å²) in [6.07, 6.45) is 0.723. The Labute approximate surface area is 143 Å². The summed E-state index contributed by atoms with van der Waals surface area (Å²) in [6, 6.07) is 5.51. The number of hydrogen-bond donors (Lipinski definition) is 1. The van der Waals surface area contributed by atoms with Gasteiger partial charge in [0.05, 0.1) is 24.3 Å². The molecule has 2 atom stereocenters. The second-order valence-corrected chi connectivity index (χ2v) is 5.85. The summed E-state index contributed by atoms with van der Waals surface area (Å²) >= 11 is 0. The smallest absolute Gasteiger partial charge is 0.256 e. The van der Waals surface area contributed by atoms with E-state index in [9.17, 15) is 18.7 Å². The van der Waals surface area contributed by atoms with Gasteiger partial charge in [0, 0.05) is 24.4 Å². The fraction of sp³-hybridized carbons (Fsp3) is 0.333. The van der Waals surface area contributed by atoms with Gasteiger partial charge in [-0.3, -0.25) is 4.79 Å². The lowest BCUT2D eigenvalue weighted by atomic mass is 10.0. The van der Waals surface area contributed by atoms with Crippen LogP contribution in [0.1, 0.15) is 35.3 Å². The largest absolute Gasteiger partial charge is 0.478 e. The van der Waals surface area contributed by atoms with Gasteiger partial charge >= 0.3 is 0 Å². The predicted octanol–water partition coefficient (Wildman–Crippen LogP) is 2.71. The minimum atomic E-state index is -0.799. The van der Waals surface area contributed by atoms with E-state index in [-0.39, 0.29) is 18.5 Å². The van der Waals surface area contributed by atoms with Crippen molar-refractivity contribution in [2.45, 2.75) is 25.5 Å². The van der Waals surface area contributed by atoms with E-state index >= 15 is 0 Å². The number of hydrogen-bond acceptors (Lipinski definition) is 4. The van der Waals surface area contributed by atoms with Crippen LogP contribution in [0.4, 0.5) is 8.78 Å². The van der Waals surface area contributed by atoms with Crippen molar-refractivity contribution in [2.24, 2.45) is 0 Å². The molecule has 3 rings (SSSR count). The van der Waals surface area contributed by atoms with Gasteiger partial charge in [0.2, 0.25) is 5.88 Å². The first kappa shape index (κ1) is 17.3. The van der Waals surface area contributed by atoms with Crippen molar-refractivity contribution in [1.82, 2.24) is 9.88 Å². The maximum absolute atomic E-state index is 14.1. The zero-order valence-corrected chi connectivity index (χ0v) is 13.7. The molecule has 5 nitrogen and oxygen atoms in total. The SMILES string of the molecule is CCOc1ccc(C(=O)N2CC(O)CC2c2cc(F)ccc2F)cn1. The van der Waals surface area contributed by atoms with Gasteiger partial charge in [-0.05, 0) is 37.6 Å². The molecule has 2 unspecified atom stereocenters. The molecule has 1 amide bonds. The first-order chi connectivity index (χ1) is 12.0. The average molecular weight is 348 g/mol. The number of pyridine rings is 1. The molecule has 1 N–H and O–H groups in total. The number of ether oxygens (including phenoxy) is 1. The van der Waals surface area contributed by atoms with Gasteiger partial charge in [-0.15, -0.1) is 0 Å². The Balaban J connectivity index is 1.88. The number of carbonyl (C=O) groups is 1. The van der Waals surface area contributed by atoms with Gasteiger partial charge in [-0.25, -0.2) is 13.8 Å². The summed E-state index contributed by atoms with van der Waals surface area (Å²) in [4.78, 5) is 18.1. The summed E-state index contributed by atoms with van der Waals surface area (Å²) in [5.41, 5.74) is 0.350. The van der Waals surface area contributed by atoms with Crippen LogP contribution in [0.15, 0.2) is 36.5 Å². The first-order valence-corrected chi connectivity index (χ1v) is 8.02. The summed E-state index contributed by atoms with van der Waals surface area (Å²) in [7, 11) is 0. The van der Waals surface area contributed by atoms with Gasteiger partial charge in [0.15, 0.2) is 0 Å². The highest BCUT2D eigenvalue weighted by Crippen LogP contribution is 2.35. The van der Waals surface area contributed by atoms with Crippen LogP contribution >= 0.6 is 0 Å². The molecule has 2 aromatic rings. The van der Waals surface area contributed by atoms with E-state index < -0.39 is 29.7 Å². The van der Waals surface area contributed by atoms with E-state index in [2.05, 4.69) is 4.98 Å². The molecular weight excluding hydrogens is 330 g/mol. The minimum absolute atomic E-state index is 0.0483. The Bertz CT molecular complexity index is 767. The number of aromatic nitrogens is 1. The van der Waals surface area contributed by atoms with E-state index in [1.54, 1.807) is 12.1 Å². The lowest BCUT2D eigenvalue weighted by Crippen LogP contribution is -2.32. The molecule has 1 aliphatic heterocycles. The molecule has 1 aliphatic rings. The molecule has 1 aromatic carbocycles. The van der Waals surface area contributed by atoms with Crippen LogP contribution in [0.2, 0.25) is 0 Å². The third-order valence-electron chi connectivity index (χ3n) is 4.13. The maximum atomic E-state index is 14.1. The molecule has 0 bridgehead atoms. The quantitative estimate of drug-likeness (QED) is 0.923. The highest BCUT2D eigenvalue weighted by atomic mass is 19.1. The van der Waals surface area contributed by atoms with Crippen molar-refractivity contribution in [3.63, 3.8) is 0 Å². The van der Waals surface area contributed by atoms with Crippen LogP contribution < -0.4 is 4.74 Å². The molecule has 132 valence electrons. The second-order valence-electron chi connectivity index (χ2n) is 5.85. The molecule has 0 saturated carbocycles. The van der Waals surface area contributed by atoms with E-state index in [1.165, 1.54) is 11.1 Å². The molecule has 0 spiro atoms. The van der Waals surface area contributed by atoms with Crippen molar-refractivity contribution in [3.05, 3.63) is 59.3 Å². The van der Waals surface area contributed by atoms with Gasteiger partial charge in [0.25, 0.3) is 5.91 Å². The van der Waals surface area contributed by atoms with Gasteiger partial charge in [-0.1, -0.05) is 0 Å². The number of benzene rings is 1. The van der Waals surface area contributed by atoms with Crippen LogP contribution in [0.3, 0.4) is 0 Å². The Morgan fingerprint density at radius 2 is 2.16 bits per heavy atom. The van der Waals surface area contributed by atoms with Crippen LogP contribution in [0.5, 0.6) is 5.88 Å². The molecule has 2 heterocycles. The van der Waals surface area contributed by atoms with Crippen LogP contribution in [0.25, 0.3) is 0 Å². The Kier molecular flexibility index (Phi) is 4.94. The number of likely N-dealkylation sites (tertiary alicyclic amines) is 1. The number of β-amino-alcohol motifs (C(OH)–C–C–N with tert-alkyl or cyclic N) is 1. The summed E-state index contributed by atoms with van der Waals surface area (Å²) in [5, 5.41) is 9.96. The van der Waals surface area contributed by atoms with Gasteiger partial charge in [0.1, 0.15) is 11.6 Å². The molecule has 0 radical (unpaired) electrons. The Morgan fingerprint density at radius 3 is 2.84 bits per heavy atom. The third kappa shape index (κ3) is 3.61. The monoisotopic (exact) mass is 348 g/mol. The van der Waals surface area contributed by atoms with Crippen molar-refractivity contribution < 1.29 is 23.4 Å². The zero-order chi connectivity index (χ0) is 18.0. The highest BCUT2D eigenvalue weighted by Gasteiger charge is 2.37. The minimum Gasteiger partial charge on any atom is -0.478 e. The van der Waals surface area contributed by atoms with Crippen LogP contribution in [-0.2, 0) is 0 Å². The zero-order valence-electron chi connectivity index (χ0n) is 13.7. The number of aliphatic hydroxyl groups is 1. The Morgan fingerprint density at radius 1 is 1.36 bits per heavy atom. The lowest BCUT2D eigenvalue weighted by molar-refractivity contribution is 0.0713. The number of nitrogens with zero attached hydrogens (tertiary/aromatic N) is 2. The van der Waals surface area contributed by atoms with E-state index in [4.69, 9.17) is 4.74 Å². The van der Waals surface area contributed by atoms with Gasteiger partial charge in [-0.2, -0.15) is 0 Å². The first-order valence-electron chi connectivity index (χ1n) is 8.02. The van der Waals surface area contributed by atoms with Gasteiger partial charge < -0.3 is 14.7 Å². The summed E-state index contributed by atoms with van der Waals surface area (Å²) in [6.45, 7) is 2.33. The molecule has 1 fully saturated rings. The van der Waals surface area contributed by atoms with E-state index in [1.807, 2.05) is 6.92 Å². The molecule has 0 aliphatic carbocycles. The summed E-state index contributed by atoms with van der Waals surface area (Å²) in [5.74, 6) is -1.20. The van der Waals surface area contributed by atoms with Crippen LogP contribution in [0, 0.1) is 11.6 Å². The predicted molar refractivity (Wildman–Crippen MR) is 86.2 cm³/mol. The number of amides is 1. The van der Waals surface area contributed by atoms with Crippen LogP contribution in [-0.4, -0.2) is 40.2 Å². The molecule has 25 heavy (non-hydrogen) atoms. The molecule has 1 aromatic heterocycles. The topological polar surface area (TPSA) is 62.7 Å². The Hall–Kier alpha value is -2.54. The normalized spacial score (nSPS) is 19.9. The van der Waals surface area contributed by atoms with Crippen molar-refractivity contribution in [1.29, 1.82) is 0 Å². The molecule has 7 heteroatoms.